The molecule has 0 atom stereocenters. The van der Waals surface area contributed by atoms with Crippen molar-refractivity contribution in [3.05, 3.63) is 65.9 Å². The van der Waals surface area contributed by atoms with Crippen LogP contribution >= 0.6 is 0 Å². The molecule has 2 N–H and O–H groups in total. The number of aromatic nitrogens is 5. The lowest BCUT2D eigenvalue weighted by Crippen LogP contribution is -2.47. The third kappa shape index (κ3) is 5.85. The van der Waals surface area contributed by atoms with Gasteiger partial charge in [0.05, 0.1) is 13.2 Å². The topological polar surface area (TPSA) is 130 Å². The largest absolute Gasteiger partial charge is 0.377 e. The average molecular weight is 568 g/mol. The third-order valence-electron chi connectivity index (χ3n) is 7.51. The number of hydrogen-bond donors (Lipinski definition) is 2. The number of aryl methyl sites for hydroxylation is 1. The predicted octanol–water partition coefficient (Wildman–Crippen LogP) is 3.74. The number of ether oxygens (including phenoxy) is 1. The van der Waals surface area contributed by atoms with Gasteiger partial charge in [-0.1, -0.05) is 11.3 Å². The molecule has 1 saturated heterocycles. The summed E-state index contributed by atoms with van der Waals surface area (Å²) in [5, 5.41) is 14.3. The maximum atomic E-state index is 12.8. The Morgan fingerprint density at radius 2 is 1.62 bits per heavy atom. The van der Waals surface area contributed by atoms with Crippen LogP contribution < -0.4 is 10.6 Å². The Balaban J connectivity index is 1.13. The molecule has 4 aromatic rings. The molecule has 2 aliphatic rings. The van der Waals surface area contributed by atoms with Gasteiger partial charge in [-0.15, -0.1) is 5.10 Å². The number of piperazine rings is 1. The van der Waals surface area contributed by atoms with Gasteiger partial charge >= 0.3 is 6.03 Å². The fourth-order valence-electron chi connectivity index (χ4n) is 5.05. The molecule has 12 heteroatoms. The molecule has 0 saturated carbocycles. The van der Waals surface area contributed by atoms with Gasteiger partial charge in [0.15, 0.2) is 17.0 Å². The Hall–Kier alpha value is -4.68. The molecular formula is C30H33N9O3. The molecule has 0 unspecified atom stereocenters. The zero-order chi connectivity index (χ0) is 29.1. The van der Waals surface area contributed by atoms with Gasteiger partial charge in [-0.3, -0.25) is 4.79 Å². The first-order valence-electron chi connectivity index (χ1n) is 14.1. The van der Waals surface area contributed by atoms with Gasteiger partial charge in [-0.25, -0.2) is 19.4 Å². The Morgan fingerprint density at radius 3 is 2.26 bits per heavy atom. The highest BCUT2D eigenvalue weighted by atomic mass is 16.5. The van der Waals surface area contributed by atoms with Crippen molar-refractivity contribution in [1.82, 2.24) is 34.8 Å². The molecule has 42 heavy (non-hydrogen) atoms. The maximum Gasteiger partial charge on any atom is 0.323 e. The van der Waals surface area contributed by atoms with E-state index in [1.807, 2.05) is 42.2 Å². The van der Waals surface area contributed by atoms with Crippen LogP contribution in [-0.4, -0.2) is 93.1 Å². The second kappa shape index (κ2) is 12.0. The van der Waals surface area contributed by atoms with Crippen molar-refractivity contribution in [2.24, 2.45) is 0 Å². The van der Waals surface area contributed by atoms with Gasteiger partial charge in [-0.05, 0) is 74.5 Å². The van der Waals surface area contributed by atoms with Crippen LogP contribution in [0.3, 0.4) is 0 Å². The zero-order valence-electron chi connectivity index (χ0n) is 23.7. The van der Waals surface area contributed by atoms with E-state index < -0.39 is 0 Å². The Kier molecular flexibility index (Phi) is 7.89. The number of amides is 3. The molecule has 1 fully saturated rings. The number of hydrogen-bond acceptors (Lipinski definition) is 8. The van der Waals surface area contributed by atoms with Crippen LogP contribution in [-0.2, 0) is 11.3 Å². The molecular weight excluding hydrogens is 534 g/mol. The summed E-state index contributed by atoms with van der Waals surface area (Å²) in [6.07, 6.45) is 2.78. The van der Waals surface area contributed by atoms with E-state index in [4.69, 9.17) is 14.7 Å². The molecule has 12 nitrogen and oxygen atoms in total. The molecule has 4 heterocycles. The number of benzene rings is 2. The summed E-state index contributed by atoms with van der Waals surface area (Å²) in [4.78, 5) is 39.2. The number of nitrogens with one attached hydrogen (secondary N) is 2. The second-order valence-corrected chi connectivity index (χ2v) is 10.4. The van der Waals surface area contributed by atoms with Crippen molar-refractivity contribution < 1.29 is 14.3 Å². The molecule has 0 bridgehead atoms. The minimum atomic E-state index is -0.384. The summed E-state index contributed by atoms with van der Waals surface area (Å²) in [7, 11) is 2.06. The van der Waals surface area contributed by atoms with Gasteiger partial charge in [0, 0.05) is 55.2 Å². The summed E-state index contributed by atoms with van der Waals surface area (Å²) >= 11 is 0. The summed E-state index contributed by atoms with van der Waals surface area (Å²) < 4.78 is 7.24. The number of carbonyl (C=O) groups excluding carboxylic acids is 2. The lowest BCUT2D eigenvalue weighted by atomic mass is 10.1. The Labute approximate surface area is 243 Å². The van der Waals surface area contributed by atoms with Gasteiger partial charge in [0.1, 0.15) is 5.69 Å². The van der Waals surface area contributed by atoms with Crippen LogP contribution in [0.4, 0.5) is 16.2 Å². The molecule has 0 radical (unpaired) electrons. The lowest BCUT2D eigenvalue weighted by molar-refractivity contribution is 0.0664. The fourth-order valence-corrected chi connectivity index (χ4v) is 5.05. The standard InChI is InChI=1S/C30H33N9O3/c1-3-39-28-26(35-36-39)25(20-12-18-42-19-13-20)33-27(34-28)21-4-8-23(9-5-21)31-30(41)32-24-10-6-22(7-11-24)29(40)38-16-14-37(2)15-17-38/h4-12H,3,13-19H2,1-2H3,(H2,31,32,41). The van der Waals surface area contributed by atoms with Crippen molar-refractivity contribution in [1.29, 1.82) is 0 Å². The van der Waals surface area contributed by atoms with Crippen molar-refractivity contribution in [3.63, 3.8) is 0 Å². The number of anilines is 2. The van der Waals surface area contributed by atoms with E-state index in [1.54, 1.807) is 28.9 Å². The van der Waals surface area contributed by atoms with Crippen molar-refractivity contribution in [3.8, 4) is 11.4 Å². The molecule has 6 rings (SSSR count). The van der Waals surface area contributed by atoms with E-state index in [1.165, 1.54) is 0 Å². The molecule has 0 aliphatic carbocycles. The quantitative estimate of drug-likeness (QED) is 0.360. The molecule has 2 aromatic heterocycles. The second-order valence-electron chi connectivity index (χ2n) is 10.4. The number of urea groups is 1. The molecule has 0 spiro atoms. The zero-order valence-corrected chi connectivity index (χ0v) is 23.7. The number of carbonyl (C=O) groups is 2. The van der Waals surface area contributed by atoms with Crippen LogP contribution in [0, 0.1) is 0 Å². The van der Waals surface area contributed by atoms with Crippen molar-refractivity contribution in [2.75, 3.05) is 57.1 Å². The van der Waals surface area contributed by atoms with E-state index in [2.05, 4.69) is 32.9 Å². The van der Waals surface area contributed by atoms with Gasteiger partial charge in [0.2, 0.25) is 0 Å². The van der Waals surface area contributed by atoms with Crippen LogP contribution in [0.15, 0.2) is 54.6 Å². The Morgan fingerprint density at radius 1 is 0.929 bits per heavy atom. The van der Waals surface area contributed by atoms with E-state index in [9.17, 15) is 9.59 Å². The predicted molar refractivity (Wildman–Crippen MR) is 160 cm³/mol. The molecule has 2 aliphatic heterocycles. The number of rotatable bonds is 6. The van der Waals surface area contributed by atoms with Crippen LogP contribution in [0.5, 0.6) is 0 Å². The normalized spacial score (nSPS) is 15.9. The smallest absolute Gasteiger partial charge is 0.323 e. The third-order valence-corrected chi connectivity index (χ3v) is 7.51. The summed E-state index contributed by atoms with van der Waals surface area (Å²) in [5.41, 5.74) is 5.84. The minimum Gasteiger partial charge on any atom is -0.377 e. The van der Waals surface area contributed by atoms with Gasteiger partial charge in [0.25, 0.3) is 5.91 Å². The van der Waals surface area contributed by atoms with Crippen molar-refractivity contribution in [2.45, 2.75) is 19.9 Å². The maximum absolute atomic E-state index is 12.8. The number of nitrogens with zero attached hydrogens (tertiary/aromatic N) is 7. The highest BCUT2D eigenvalue weighted by molar-refractivity contribution is 6.00. The van der Waals surface area contributed by atoms with E-state index in [0.29, 0.717) is 66.8 Å². The van der Waals surface area contributed by atoms with E-state index in [-0.39, 0.29) is 11.9 Å². The monoisotopic (exact) mass is 567 g/mol. The highest BCUT2D eigenvalue weighted by Gasteiger charge is 2.21. The minimum absolute atomic E-state index is 0.00865. The van der Waals surface area contributed by atoms with E-state index in [0.717, 1.165) is 36.3 Å². The molecule has 3 amide bonds. The van der Waals surface area contributed by atoms with Crippen LogP contribution in [0.1, 0.15) is 29.4 Å². The van der Waals surface area contributed by atoms with Gasteiger partial charge in [-0.2, -0.15) is 0 Å². The first-order valence-corrected chi connectivity index (χ1v) is 14.1. The number of likely N-dealkylation sites (N-methyl/N-ethyl adjacent to an activating group) is 1. The summed E-state index contributed by atoms with van der Waals surface area (Å²) in [6.45, 7) is 6.98. The number of fused-ring (bicyclic) bond motifs is 1. The Bertz CT molecular complexity index is 1620. The lowest BCUT2D eigenvalue weighted by Gasteiger charge is -2.32. The summed E-state index contributed by atoms with van der Waals surface area (Å²) in [5.74, 6) is 0.568. The first-order chi connectivity index (χ1) is 20.5. The van der Waals surface area contributed by atoms with Gasteiger partial charge < -0.3 is 25.2 Å². The molecule has 2 aromatic carbocycles. The fraction of sp³-hybridized carbons (Fsp3) is 0.333. The average Bonchev–Trinajstić information content (AvgIpc) is 3.45. The van der Waals surface area contributed by atoms with E-state index >= 15 is 0 Å². The first kappa shape index (κ1) is 27.5. The SMILES string of the molecule is CCn1nnc2c(C3=CCOCC3)nc(-c3ccc(NC(=O)Nc4ccc(C(=O)N5CCN(C)CC5)cc4)cc3)nc21. The highest BCUT2D eigenvalue weighted by Crippen LogP contribution is 2.28. The van der Waals surface area contributed by atoms with Crippen LogP contribution in [0.2, 0.25) is 0 Å². The summed E-state index contributed by atoms with van der Waals surface area (Å²) in [6, 6.07) is 13.9. The van der Waals surface area contributed by atoms with Crippen LogP contribution in [0.25, 0.3) is 28.1 Å². The molecule has 216 valence electrons. The van der Waals surface area contributed by atoms with Crippen molar-refractivity contribution >= 4 is 40.1 Å².